The van der Waals surface area contributed by atoms with Crippen LogP contribution in [0, 0.1) is 0 Å². The van der Waals surface area contributed by atoms with Gasteiger partial charge in [0.05, 0.1) is 23.2 Å². The molecule has 1 aliphatic rings. The first-order valence-electron chi connectivity index (χ1n) is 9.83. The van der Waals surface area contributed by atoms with E-state index in [9.17, 15) is 36.6 Å². The highest BCUT2D eigenvalue weighted by atomic mass is 19.4. The highest BCUT2D eigenvalue weighted by Crippen LogP contribution is 2.38. The minimum Gasteiger partial charge on any atom is -0.507 e. The number of hydrogen-bond donors (Lipinski definition) is 2. The Labute approximate surface area is 180 Å². The third-order valence-electron chi connectivity index (χ3n) is 5.25. The SMILES string of the molecule is Oc1c(/C=N\[C@H]2CCCC[C@@H]2/N=C\c2cccc(C(F)(F)F)c2O)cccc1C(F)(F)F. The van der Waals surface area contributed by atoms with Crippen molar-refractivity contribution >= 4 is 12.4 Å². The Balaban J connectivity index is 1.82. The van der Waals surface area contributed by atoms with Gasteiger partial charge < -0.3 is 10.2 Å². The number of aromatic hydroxyl groups is 2. The summed E-state index contributed by atoms with van der Waals surface area (Å²) in [5.74, 6) is -1.85. The van der Waals surface area contributed by atoms with Crippen LogP contribution in [0.3, 0.4) is 0 Å². The molecule has 0 amide bonds. The molecule has 1 aliphatic carbocycles. The Morgan fingerprint density at radius 3 is 1.41 bits per heavy atom. The first-order chi connectivity index (χ1) is 15.0. The molecule has 4 nitrogen and oxygen atoms in total. The van der Waals surface area contributed by atoms with Crippen LogP contribution >= 0.6 is 0 Å². The molecule has 0 aliphatic heterocycles. The number of para-hydroxylation sites is 2. The molecular formula is C22H20F6N2O2. The van der Waals surface area contributed by atoms with Crippen molar-refractivity contribution in [3.05, 3.63) is 58.7 Å². The monoisotopic (exact) mass is 458 g/mol. The summed E-state index contributed by atoms with van der Waals surface area (Å²) in [6.07, 6.45) is -4.35. The fourth-order valence-electron chi connectivity index (χ4n) is 3.58. The molecule has 32 heavy (non-hydrogen) atoms. The van der Waals surface area contributed by atoms with E-state index in [1.165, 1.54) is 12.1 Å². The van der Waals surface area contributed by atoms with Gasteiger partial charge in [0.15, 0.2) is 0 Å². The molecule has 2 atom stereocenters. The smallest absolute Gasteiger partial charge is 0.419 e. The van der Waals surface area contributed by atoms with E-state index in [0.717, 1.165) is 49.5 Å². The zero-order chi connectivity index (χ0) is 23.5. The van der Waals surface area contributed by atoms with E-state index in [0.29, 0.717) is 12.8 Å². The van der Waals surface area contributed by atoms with E-state index in [-0.39, 0.29) is 11.1 Å². The zero-order valence-electron chi connectivity index (χ0n) is 16.7. The predicted molar refractivity (Wildman–Crippen MR) is 107 cm³/mol. The van der Waals surface area contributed by atoms with E-state index < -0.39 is 47.1 Å². The van der Waals surface area contributed by atoms with Crippen LogP contribution in [-0.4, -0.2) is 34.7 Å². The summed E-state index contributed by atoms with van der Waals surface area (Å²) < 4.78 is 77.8. The predicted octanol–water partition coefficient (Wildman–Crippen LogP) is 5.98. The van der Waals surface area contributed by atoms with Gasteiger partial charge in [-0.05, 0) is 37.1 Å². The summed E-state index contributed by atoms with van der Waals surface area (Å²) in [7, 11) is 0. The van der Waals surface area contributed by atoms with Crippen molar-refractivity contribution in [3.8, 4) is 11.5 Å². The van der Waals surface area contributed by atoms with E-state index in [2.05, 4.69) is 9.98 Å². The molecule has 0 bridgehead atoms. The largest absolute Gasteiger partial charge is 0.507 e. The molecule has 2 aromatic rings. The van der Waals surface area contributed by atoms with Gasteiger partial charge in [0.2, 0.25) is 0 Å². The summed E-state index contributed by atoms with van der Waals surface area (Å²) in [6, 6.07) is 5.60. The number of alkyl halides is 6. The molecule has 0 heterocycles. The fourth-order valence-corrected chi connectivity index (χ4v) is 3.58. The molecule has 0 aromatic heterocycles. The lowest BCUT2D eigenvalue weighted by Crippen LogP contribution is -2.27. The number of nitrogens with zero attached hydrogens (tertiary/aromatic N) is 2. The molecular weight excluding hydrogens is 438 g/mol. The van der Waals surface area contributed by atoms with E-state index in [1.54, 1.807) is 0 Å². The summed E-state index contributed by atoms with van der Waals surface area (Å²) in [5, 5.41) is 19.9. The summed E-state index contributed by atoms with van der Waals surface area (Å²) in [4.78, 5) is 8.60. The first-order valence-corrected chi connectivity index (χ1v) is 9.83. The highest BCUT2D eigenvalue weighted by Gasteiger charge is 2.35. The molecule has 10 heteroatoms. The van der Waals surface area contributed by atoms with Gasteiger partial charge >= 0.3 is 12.4 Å². The molecule has 3 rings (SSSR count). The third kappa shape index (κ3) is 5.41. The van der Waals surface area contributed by atoms with Crippen molar-refractivity contribution in [2.75, 3.05) is 0 Å². The molecule has 1 saturated carbocycles. The van der Waals surface area contributed by atoms with Crippen LogP contribution in [0.25, 0.3) is 0 Å². The van der Waals surface area contributed by atoms with Crippen molar-refractivity contribution < 1.29 is 36.6 Å². The van der Waals surface area contributed by atoms with Crippen LogP contribution in [-0.2, 0) is 12.4 Å². The quantitative estimate of drug-likeness (QED) is 0.437. The van der Waals surface area contributed by atoms with Crippen molar-refractivity contribution in [1.82, 2.24) is 0 Å². The maximum absolute atomic E-state index is 13.0. The number of phenolic OH excluding ortho intramolecular Hbond substituents is 2. The molecule has 0 spiro atoms. The number of rotatable bonds is 4. The Morgan fingerprint density at radius 2 is 1.06 bits per heavy atom. The molecule has 2 N–H and O–H groups in total. The van der Waals surface area contributed by atoms with E-state index in [1.807, 2.05) is 0 Å². The topological polar surface area (TPSA) is 65.2 Å². The summed E-state index contributed by atoms with van der Waals surface area (Å²) >= 11 is 0. The van der Waals surface area contributed by atoms with Gasteiger partial charge in [0.1, 0.15) is 11.5 Å². The third-order valence-corrected chi connectivity index (χ3v) is 5.25. The van der Waals surface area contributed by atoms with Crippen LogP contribution in [0.1, 0.15) is 47.9 Å². The maximum atomic E-state index is 13.0. The van der Waals surface area contributed by atoms with Crippen molar-refractivity contribution in [2.24, 2.45) is 9.98 Å². The number of phenols is 2. The minimum atomic E-state index is -4.71. The average Bonchev–Trinajstić information content (AvgIpc) is 2.71. The number of aliphatic imine (C=N–C) groups is 2. The normalized spacial score (nSPS) is 20.3. The van der Waals surface area contributed by atoms with Crippen molar-refractivity contribution in [2.45, 2.75) is 50.1 Å². The molecule has 2 aromatic carbocycles. The van der Waals surface area contributed by atoms with Gasteiger partial charge in [0.25, 0.3) is 0 Å². The highest BCUT2D eigenvalue weighted by molar-refractivity contribution is 5.85. The minimum absolute atomic E-state index is 0.0938. The second-order valence-electron chi connectivity index (χ2n) is 7.46. The summed E-state index contributed by atoms with van der Waals surface area (Å²) in [6.45, 7) is 0. The van der Waals surface area contributed by atoms with Crippen LogP contribution in [0.4, 0.5) is 26.3 Å². The van der Waals surface area contributed by atoms with Gasteiger partial charge in [-0.25, -0.2) is 0 Å². The first kappa shape index (κ1) is 23.6. The van der Waals surface area contributed by atoms with Crippen LogP contribution in [0.5, 0.6) is 11.5 Å². The van der Waals surface area contributed by atoms with Crippen LogP contribution in [0.15, 0.2) is 46.4 Å². The van der Waals surface area contributed by atoms with E-state index >= 15 is 0 Å². The van der Waals surface area contributed by atoms with Crippen molar-refractivity contribution in [1.29, 1.82) is 0 Å². The Kier molecular flexibility index (Phi) is 6.80. The summed E-state index contributed by atoms with van der Waals surface area (Å²) in [5.41, 5.74) is -2.52. The van der Waals surface area contributed by atoms with Gasteiger partial charge in [-0.1, -0.05) is 25.0 Å². The fraction of sp³-hybridized carbons (Fsp3) is 0.364. The number of benzene rings is 2. The Hall–Kier alpha value is -3.04. The standard InChI is InChI=1S/C22H20F6N2O2/c23-21(24,25)15-7-3-5-13(19(15)31)11-29-17-9-1-2-10-18(17)30-12-14-6-4-8-16(20(14)32)22(26,27)28/h3-8,11-12,17-18,31-32H,1-2,9-10H2/b29-11-,30-12-/t17-,18-/m0/s1. The lowest BCUT2D eigenvalue weighted by atomic mass is 9.91. The van der Waals surface area contributed by atoms with Gasteiger partial charge in [-0.15, -0.1) is 0 Å². The lowest BCUT2D eigenvalue weighted by Gasteiger charge is -2.25. The molecule has 172 valence electrons. The van der Waals surface area contributed by atoms with Crippen LogP contribution < -0.4 is 0 Å². The Morgan fingerprint density at radius 1 is 0.688 bits per heavy atom. The van der Waals surface area contributed by atoms with Gasteiger partial charge in [-0.3, -0.25) is 9.98 Å². The molecule has 0 unspecified atom stereocenters. The van der Waals surface area contributed by atoms with Crippen molar-refractivity contribution in [3.63, 3.8) is 0 Å². The maximum Gasteiger partial charge on any atom is 0.419 e. The van der Waals surface area contributed by atoms with E-state index in [4.69, 9.17) is 0 Å². The molecule has 0 radical (unpaired) electrons. The second kappa shape index (κ2) is 9.22. The van der Waals surface area contributed by atoms with Crippen LogP contribution in [0.2, 0.25) is 0 Å². The molecule has 0 saturated heterocycles. The lowest BCUT2D eigenvalue weighted by molar-refractivity contribution is -0.139. The Bertz CT molecular complexity index is 933. The molecule has 1 fully saturated rings. The van der Waals surface area contributed by atoms with Gasteiger partial charge in [-0.2, -0.15) is 26.3 Å². The van der Waals surface area contributed by atoms with Gasteiger partial charge in [0, 0.05) is 23.6 Å². The zero-order valence-corrected chi connectivity index (χ0v) is 16.7. The average molecular weight is 458 g/mol. The second-order valence-corrected chi connectivity index (χ2v) is 7.46. The number of halogens is 6. The number of hydrogen-bond acceptors (Lipinski definition) is 4.